The SMILES string of the molecule is CC(C)N(CCO)Cc1noc(C2CC2)n1. The van der Waals surface area contributed by atoms with Crippen molar-refractivity contribution < 1.29 is 9.63 Å². The topological polar surface area (TPSA) is 62.4 Å². The maximum Gasteiger partial charge on any atom is 0.229 e. The van der Waals surface area contributed by atoms with Gasteiger partial charge in [0.25, 0.3) is 0 Å². The third-order valence-corrected chi connectivity index (χ3v) is 2.87. The molecule has 0 radical (unpaired) electrons. The van der Waals surface area contributed by atoms with Gasteiger partial charge in [-0.2, -0.15) is 4.98 Å². The molecule has 90 valence electrons. The number of hydrogen-bond donors (Lipinski definition) is 1. The number of aliphatic hydroxyl groups excluding tert-OH is 1. The van der Waals surface area contributed by atoms with Gasteiger partial charge in [0, 0.05) is 18.5 Å². The van der Waals surface area contributed by atoms with Gasteiger partial charge in [0.2, 0.25) is 5.89 Å². The first-order valence-corrected chi connectivity index (χ1v) is 5.88. The molecule has 1 N–H and O–H groups in total. The summed E-state index contributed by atoms with van der Waals surface area (Å²) < 4.78 is 5.20. The van der Waals surface area contributed by atoms with E-state index in [-0.39, 0.29) is 6.61 Å². The zero-order valence-corrected chi connectivity index (χ0v) is 9.89. The number of aliphatic hydroxyl groups is 1. The van der Waals surface area contributed by atoms with Crippen LogP contribution in [0.5, 0.6) is 0 Å². The van der Waals surface area contributed by atoms with Crippen molar-refractivity contribution >= 4 is 0 Å². The van der Waals surface area contributed by atoms with Crippen molar-refractivity contribution in [2.24, 2.45) is 0 Å². The van der Waals surface area contributed by atoms with Gasteiger partial charge in [-0.25, -0.2) is 0 Å². The van der Waals surface area contributed by atoms with Crippen LogP contribution in [0.4, 0.5) is 0 Å². The molecule has 0 saturated heterocycles. The second-order valence-corrected chi connectivity index (χ2v) is 4.61. The van der Waals surface area contributed by atoms with Crippen molar-refractivity contribution in [3.8, 4) is 0 Å². The normalized spacial score (nSPS) is 16.3. The maximum absolute atomic E-state index is 8.96. The van der Waals surface area contributed by atoms with Crippen molar-refractivity contribution in [2.45, 2.75) is 45.2 Å². The van der Waals surface area contributed by atoms with E-state index in [4.69, 9.17) is 9.63 Å². The molecule has 1 aliphatic rings. The number of nitrogens with zero attached hydrogens (tertiary/aromatic N) is 3. The smallest absolute Gasteiger partial charge is 0.229 e. The first-order chi connectivity index (χ1) is 7.70. The molecule has 0 amide bonds. The van der Waals surface area contributed by atoms with Crippen molar-refractivity contribution in [3.05, 3.63) is 11.7 Å². The molecule has 0 bridgehead atoms. The van der Waals surface area contributed by atoms with E-state index in [1.54, 1.807) is 0 Å². The van der Waals surface area contributed by atoms with Gasteiger partial charge >= 0.3 is 0 Å². The predicted molar refractivity (Wildman–Crippen MR) is 58.9 cm³/mol. The highest BCUT2D eigenvalue weighted by molar-refractivity contribution is 5.01. The summed E-state index contributed by atoms with van der Waals surface area (Å²) in [7, 11) is 0. The van der Waals surface area contributed by atoms with Crippen LogP contribution in [-0.2, 0) is 6.54 Å². The van der Waals surface area contributed by atoms with Crippen LogP contribution < -0.4 is 0 Å². The number of hydrogen-bond acceptors (Lipinski definition) is 5. The van der Waals surface area contributed by atoms with Crippen molar-refractivity contribution in [3.63, 3.8) is 0 Å². The van der Waals surface area contributed by atoms with E-state index in [0.717, 1.165) is 11.7 Å². The fourth-order valence-corrected chi connectivity index (χ4v) is 1.66. The summed E-state index contributed by atoms with van der Waals surface area (Å²) in [5.41, 5.74) is 0. The molecule has 0 spiro atoms. The Bertz CT molecular complexity index is 334. The molecule has 1 heterocycles. The number of rotatable bonds is 6. The first kappa shape index (κ1) is 11.5. The lowest BCUT2D eigenvalue weighted by molar-refractivity contribution is 0.155. The van der Waals surface area contributed by atoms with E-state index in [1.165, 1.54) is 12.8 Å². The summed E-state index contributed by atoms with van der Waals surface area (Å²) in [6.07, 6.45) is 2.35. The molecule has 0 unspecified atom stereocenters. The van der Waals surface area contributed by atoms with Gasteiger partial charge in [0.15, 0.2) is 5.82 Å². The fraction of sp³-hybridized carbons (Fsp3) is 0.818. The van der Waals surface area contributed by atoms with Crippen molar-refractivity contribution in [1.82, 2.24) is 15.0 Å². The average Bonchev–Trinajstić information content (AvgIpc) is 2.99. The van der Waals surface area contributed by atoms with Gasteiger partial charge in [-0.1, -0.05) is 5.16 Å². The Morgan fingerprint density at radius 3 is 2.81 bits per heavy atom. The zero-order valence-electron chi connectivity index (χ0n) is 9.89. The van der Waals surface area contributed by atoms with Gasteiger partial charge in [-0.15, -0.1) is 0 Å². The Kier molecular flexibility index (Phi) is 3.56. The van der Waals surface area contributed by atoms with E-state index >= 15 is 0 Å². The minimum Gasteiger partial charge on any atom is -0.395 e. The van der Waals surface area contributed by atoms with Crippen LogP contribution in [0.25, 0.3) is 0 Å². The second-order valence-electron chi connectivity index (χ2n) is 4.61. The molecule has 5 nitrogen and oxygen atoms in total. The average molecular weight is 225 g/mol. The van der Waals surface area contributed by atoms with Crippen LogP contribution in [0.3, 0.4) is 0 Å². The summed E-state index contributed by atoms with van der Waals surface area (Å²) in [6, 6.07) is 0.370. The summed E-state index contributed by atoms with van der Waals surface area (Å²) in [4.78, 5) is 6.50. The molecule has 2 rings (SSSR count). The summed E-state index contributed by atoms with van der Waals surface area (Å²) in [6.45, 7) is 5.64. The van der Waals surface area contributed by atoms with E-state index in [1.807, 2.05) is 0 Å². The quantitative estimate of drug-likeness (QED) is 0.787. The standard InChI is InChI=1S/C11H19N3O2/c1-8(2)14(5-6-15)7-10-12-11(16-13-10)9-3-4-9/h8-9,15H,3-7H2,1-2H3. The number of aromatic nitrogens is 2. The maximum atomic E-state index is 8.96. The molecule has 1 aliphatic carbocycles. The fourth-order valence-electron chi connectivity index (χ4n) is 1.66. The van der Waals surface area contributed by atoms with Crippen LogP contribution in [0.1, 0.15) is 44.3 Å². The Balaban J connectivity index is 1.94. The molecule has 16 heavy (non-hydrogen) atoms. The van der Waals surface area contributed by atoms with Crippen molar-refractivity contribution in [1.29, 1.82) is 0 Å². The third kappa shape index (κ3) is 2.80. The Hall–Kier alpha value is -0.940. The molecule has 0 atom stereocenters. The van der Waals surface area contributed by atoms with Crippen LogP contribution in [0.15, 0.2) is 4.52 Å². The minimum absolute atomic E-state index is 0.158. The summed E-state index contributed by atoms with van der Waals surface area (Å²) >= 11 is 0. The molecule has 1 aromatic rings. The molecular formula is C11H19N3O2. The van der Waals surface area contributed by atoms with E-state index in [0.29, 0.717) is 25.0 Å². The zero-order chi connectivity index (χ0) is 11.5. The van der Waals surface area contributed by atoms with Gasteiger partial charge in [-0.3, -0.25) is 4.90 Å². The molecule has 0 aromatic carbocycles. The molecule has 1 fully saturated rings. The van der Waals surface area contributed by atoms with Gasteiger partial charge in [0.1, 0.15) is 0 Å². The lowest BCUT2D eigenvalue weighted by Gasteiger charge is -2.23. The monoisotopic (exact) mass is 225 g/mol. The lowest BCUT2D eigenvalue weighted by atomic mass is 10.3. The van der Waals surface area contributed by atoms with Crippen LogP contribution in [-0.4, -0.2) is 39.3 Å². The van der Waals surface area contributed by atoms with E-state index < -0.39 is 0 Å². The van der Waals surface area contributed by atoms with Gasteiger partial charge in [-0.05, 0) is 26.7 Å². The van der Waals surface area contributed by atoms with Crippen LogP contribution in [0.2, 0.25) is 0 Å². The molecule has 0 aliphatic heterocycles. The summed E-state index contributed by atoms with van der Waals surface area (Å²) in [5, 5.41) is 12.9. The van der Waals surface area contributed by atoms with E-state index in [2.05, 4.69) is 28.9 Å². The summed E-state index contributed by atoms with van der Waals surface area (Å²) in [5.74, 6) is 2.01. The molecule has 1 aromatic heterocycles. The molecule has 1 saturated carbocycles. The predicted octanol–water partition coefficient (Wildman–Crippen LogP) is 1.15. The first-order valence-electron chi connectivity index (χ1n) is 5.88. The lowest BCUT2D eigenvalue weighted by Crippen LogP contribution is -2.33. The Morgan fingerprint density at radius 2 is 2.25 bits per heavy atom. The van der Waals surface area contributed by atoms with Crippen LogP contribution >= 0.6 is 0 Å². The minimum atomic E-state index is 0.158. The highest BCUT2D eigenvalue weighted by atomic mass is 16.5. The second kappa shape index (κ2) is 4.93. The largest absolute Gasteiger partial charge is 0.395 e. The van der Waals surface area contributed by atoms with Crippen molar-refractivity contribution in [2.75, 3.05) is 13.2 Å². The Labute approximate surface area is 95.4 Å². The molecular weight excluding hydrogens is 206 g/mol. The van der Waals surface area contributed by atoms with Gasteiger partial charge < -0.3 is 9.63 Å². The van der Waals surface area contributed by atoms with Gasteiger partial charge in [0.05, 0.1) is 13.2 Å². The highest BCUT2D eigenvalue weighted by Crippen LogP contribution is 2.38. The highest BCUT2D eigenvalue weighted by Gasteiger charge is 2.29. The Morgan fingerprint density at radius 1 is 1.50 bits per heavy atom. The third-order valence-electron chi connectivity index (χ3n) is 2.87. The van der Waals surface area contributed by atoms with E-state index in [9.17, 15) is 0 Å². The van der Waals surface area contributed by atoms with Crippen LogP contribution in [0, 0.1) is 0 Å². The molecule has 5 heteroatoms.